The summed E-state index contributed by atoms with van der Waals surface area (Å²) in [6, 6.07) is 14.8. The van der Waals surface area contributed by atoms with Gasteiger partial charge in [-0.15, -0.1) is 0 Å². The van der Waals surface area contributed by atoms with E-state index in [-0.39, 0.29) is 11.6 Å². The number of ether oxygens (including phenoxy) is 1. The number of nitrogens with one attached hydrogen (secondary N) is 1. The van der Waals surface area contributed by atoms with Gasteiger partial charge < -0.3 is 10.1 Å². The van der Waals surface area contributed by atoms with Gasteiger partial charge in [-0.1, -0.05) is 46.3 Å². The van der Waals surface area contributed by atoms with Gasteiger partial charge in [-0.05, 0) is 29.8 Å². The SMILES string of the molecule is CN1C(=O)N/C(=C/c2ccccc2OCc2ccc(Br)cc2)C1=O. The number of benzene rings is 2. The van der Waals surface area contributed by atoms with Crippen molar-refractivity contribution in [2.45, 2.75) is 6.61 Å². The highest BCUT2D eigenvalue weighted by Crippen LogP contribution is 2.23. The lowest BCUT2D eigenvalue weighted by atomic mass is 10.1. The maximum Gasteiger partial charge on any atom is 0.328 e. The largest absolute Gasteiger partial charge is 0.488 e. The number of urea groups is 1. The summed E-state index contributed by atoms with van der Waals surface area (Å²) in [4.78, 5) is 24.5. The number of carbonyl (C=O) groups excluding carboxylic acids is 2. The maximum absolute atomic E-state index is 12.0. The molecule has 1 heterocycles. The average Bonchev–Trinajstić information content (AvgIpc) is 2.82. The first-order chi connectivity index (χ1) is 11.5. The van der Waals surface area contributed by atoms with Gasteiger partial charge in [0.05, 0.1) is 0 Å². The molecule has 5 nitrogen and oxygen atoms in total. The number of amides is 3. The van der Waals surface area contributed by atoms with Crippen LogP contribution < -0.4 is 10.1 Å². The Labute approximate surface area is 148 Å². The van der Waals surface area contributed by atoms with E-state index in [9.17, 15) is 9.59 Å². The average molecular weight is 387 g/mol. The molecule has 1 fully saturated rings. The van der Waals surface area contributed by atoms with Gasteiger partial charge in [-0.25, -0.2) is 4.79 Å². The van der Waals surface area contributed by atoms with Crippen molar-refractivity contribution in [1.82, 2.24) is 10.2 Å². The summed E-state index contributed by atoms with van der Waals surface area (Å²) >= 11 is 3.40. The van der Waals surface area contributed by atoms with E-state index >= 15 is 0 Å². The Morgan fingerprint density at radius 1 is 1.12 bits per heavy atom. The van der Waals surface area contributed by atoms with Crippen molar-refractivity contribution in [3.63, 3.8) is 0 Å². The van der Waals surface area contributed by atoms with Gasteiger partial charge in [0.1, 0.15) is 18.1 Å². The number of para-hydroxylation sites is 1. The normalized spacial score (nSPS) is 15.8. The quantitative estimate of drug-likeness (QED) is 0.645. The van der Waals surface area contributed by atoms with Gasteiger partial charge in [0.15, 0.2) is 0 Å². The number of hydrogen-bond acceptors (Lipinski definition) is 3. The molecule has 0 radical (unpaired) electrons. The van der Waals surface area contributed by atoms with Crippen molar-refractivity contribution < 1.29 is 14.3 Å². The lowest BCUT2D eigenvalue weighted by Gasteiger charge is -2.10. The minimum absolute atomic E-state index is 0.238. The topological polar surface area (TPSA) is 58.6 Å². The number of likely N-dealkylation sites (N-methyl/N-ethyl adjacent to an activating group) is 1. The highest BCUT2D eigenvalue weighted by Gasteiger charge is 2.30. The summed E-state index contributed by atoms with van der Waals surface area (Å²) in [5, 5.41) is 2.55. The van der Waals surface area contributed by atoms with Crippen molar-refractivity contribution in [3.8, 4) is 5.75 Å². The molecule has 6 heteroatoms. The first-order valence-corrected chi connectivity index (χ1v) is 8.11. The number of halogens is 1. The zero-order valence-corrected chi connectivity index (χ0v) is 14.5. The molecule has 2 aromatic carbocycles. The molecule has 0 saturated carbocycles. The summed E-state index contributed by atoms with van der Waals surface area (Å²) in [6.07, 6.45) is 1.63. The summed E-state index contributed by atoms with van der Waals surface area (Å²) in [6.45, 7) is 0.410. The highest BCUT2D eigenvalue weighted by molar-refractivity contribution is 9.10. The molecule has 1 aliphatic heterocycles. The van der Waals surface area contributed by atoms with Crippen LogP contribution in [0.3, 0.4) is 0 Å². The van der Waals surface area contributed by atoms with Crippen molar-refractivity contribution in [1.29, 1.82) is 0 Å². The van der Waals surface area contributed by atoms with Crippen molar-refractivity contribution in [3.05, 3.63) is 69.8 Å². The molecule has 0 spiro atoms. The van der Waals surface area contributed by atoms with Crippen molar-refractivity contribution in [2.75, 3.05) is 7.05 Å². The standard InChI is InChI=1S/C18H15BrN2O3/c1-21-17(22)15(20-18(21)23)10-13-4-2-3-5-16(13)24-11-12-6-8-14(19)9-7-12/h2-10H,11H2,1H3,(H,20,23)/b15-10+. The van der Waals surface area contributed by atoms with E-state index in [2.05, 4.69) is 21.2 Å². The second-order valence-corrected chi connectivity index (χ2v) is 6.22. The molecule has 2 aromatic rings. The fraction of sp³-hybridized carbons (Fsp3) is 0.111. The molecule has 0 aromatic heterocycles. The van der Waals surface area contributed by atoms with Crippen LogP contribution >= 0.6 is 15.9 Å². The summed E-state index contributed by atoms with van der Waals surface area (Å²) < 4.78 is 6.87. The molecule has 0 unspecified atom stereocenters. The van der Waals surface area contributed by atoms with Gasteiger partial charge in [-0.3, -0.25) is 9.69 Å². The van der Waals surface area contributed by atoms with Gasteiger partial charge in [0.2, 0.25) is 0 Å². The number of hydrogen-bond donors (Lipinski definition) is 1. The van der Waals surface area contributed by atoms with Gasteiger partial charge in [0, 0.05) is 17.1 Å². The van der Waals surface area contributed by atoms with Crippen LogP contribution in [0, 0.1) is 0 Å². The first-order valence-electron chi connectivity index (χ1n) is 7.31. The monoisotopic (exact) mass is 386 g/mol. The zero-order valence-electron chi connectivity index (χ0n) is 13.0. The van der Waals surface area contributed by atoms with Crippen LogP contribution in [0.4, 0.5) is 4.79 Å². The van der Waals surface area contributed by atoms with E-state index in [0.29, 0.717) is 12.4 Å². The lowest BCUT2D eigenvalue weighted by molar-refractivity contribution is -0.121. The van der Waals surface area contributed by atoms with E-state index < -0.39 is 6.03 Å². The summed E-state index contributed by atoms with van der Waals surface area (Å²) in [5.74, 6) is 0.284. The van der Waals surface area contributed by atoms with E-state index in [1.807, 2.05) is 48.5 Å². The summed E-state index contributed by atoms with van der Waals surface area (Å²) in [5.41, 5.74) is 2.00. The number of rotatable bonds is 4. The van der Waals surface area contributed by atoms with E-state index in [0.717, 1.165) is 20.5 Å². The Morgan fingerprint density at radius 3 is 2.50 bits per heavy atom. The molecular weight excluding hydrogens is 372 g/mol. The van der Waals surface area contributed by atoms with Gasteiger partial charge >= 0.3 is 6.03 Å². The van der Waals surface area contributed by atoms with Crippen molar-refractivity contribution >= 4 is 33.9 Å². The fourth-order valence-electron chi connectivity index (χ4n) is 2.25. The Balaban J connectivity index is 1.79. The maximum atomic E-state index is 12.0. The number of carbonyl (C=O) groups is 2. The third-order valence-corrected chi connectivity index (χ3v) is 4.14. The van der Waals surface area contributed by atoms with Crippen LogP contribution in [-0.4, -0.2) is 23.9 Å². The number of nitrogens with zero attached hydrogens (tertiary/aromatic N) is 1. The zero-order chi connectivity index (χ0) is 17.1. The molecule has 0 atom stereocenters. The smallest absolute Gasteiger partial charge is 0.328 e. The van der Waals surface area contributed by atoms with Crippen LogP contribution in [0.15, 0.2) is 58.7 Å². The molecule has 3 rings (SSSR count). The molecule has 3 amide bonds. The van der Waals surface area contributed by atoms with Crippen LogP contribution in [0.1, 0.15) is 11.1 Å². The Hall–Kier alpha value is -2.60. The predicted octanol–water partition coefficient (Wildman–Crippen LogP) is 3.55. The second-order valence-electron chi connectivity index (χ2n) is 5.31. The summed E-state index contributed by atoms with van der Waals surface area (Å²) in [7, 11) is 1.44. The van der Waals surface area contributed by atoms with Crippen LogP contribution in [0.5, 0.6) is 5.75 Å². The van der Waals surface area contributed by atoms with E-state index in [4.69, 9.17) is 4.74 Å². The minimum Gasteiger partial charge on any atom is -0.488 e. The minimum atomic E-state index is -0.431. The fourth-order valence-corrected chi connectivity index (χ4v) is 2.52. The first kappa shape index (κ1) is 16.3. The number of imide groups is 1. The highest BCUT2D eigenvalue weighted by atomic mass is 79.9. The molecule has 1 N–H and O–H groups in total. The Kier molecular flexibility index (Phi) is 4.66. The van der Waals surface area contributed by atoms with Crippen LogP contribution in [0.25, 0.3) is 6.08 Å². The lowest BCUT2D eigenvalue weighted by Crippen LogP contribution is -2.25. The molecule has 1 saturated heterocycles. The van der Waals surface area contributed by atoms with E-state index in [1.165, 1.54) is 7.05 Å². The third-order valence-electron chi connectivity index (χ3n) is 3.61. The van der Waals surface area contributed by atoms with Crippen molar-refractivity contribution in [2.24, 2.45) is 0 Å². The Bertz CT molecular complexity index is 815. The van der Waals surface area contributed by atoms with Gasteiger partial charge in [-0.2, -0.15) is 0 Å². The third kappa shape index (κ3) is 3.49. The van der Waals surface area contributed by atoms with E-state index in [1.54, 1.807) is 6.08 Å². The molecule has 1 aliphatic rings. The molecule has 0 aliphatic carbocycles. The molecule has 122 valence electrons. The van der Waals surface area contributed by atoms with Crippen LogP contribution in [-0.2, 0) is 11.4 Å². The second kappa shape index (κ2) is 6.88. The predicted molar refractivity (Wildman–Crippen MR) is 94.2 cm³/mol. The molecule has 24 heavy (non-hydrogen) atoms. The molecule has 0 bridgehead atoms. The Morgan fingerprint density at radius 2 is 1.83 bits per heavy atom. The van der Waals surface area contributed by atoms with Crippen LogP contribution in [0.2, 0.25) is 0 Å². The van der Waals surface area contributed by atoms with Gasteiger partial charge in [0.25, 0.3) is 5.91 Å². The molecular formula is C18H15BrN2O3.